The maximum absolute atomic E-state index is 12.2. The fourth-order valence-corrected chi connectivity index (χ4v) is 4.17. The van der Waals surface area contributed by atoms with Gasteiger partial charge in [0.15, 0.2) is 0 Å². The number of aryl methyl sites for hydroxylation is 1. The molecule has 2 rings (SSSR count). The third-order valence-electron chi connectivity index (χ3n) is 3.08. The summed E-state index contributed by atoms with van der Waals surface area (Å²) >= 11 is 1.21. The van der Waals surface area contributed by atoms with Crippen molar-refractivity contribution in [1.82, 2.24) is 0 Å². The summed E-state index contributed by atoms with van der Waals surface area (Å²) in [4.78, 5) is 12.7. The van der Waals surface area contributed by atoms with Crippen molar-refractivity contribution in [1.29, 1.82) is 0 Å². The summed E-state index contributed by atoms with van der Waals surface area (Å²) in [6.07, 6.45) is 1.78. The van der Waals surface area contributed by atoms with E-state index in [4.69, 9.17) is 4.74 Å². The minimum atomic E-state index is -3.59. The van der Waals surface area contributed by atoms with E-state index in [2.05, 4.69) is 4.72 Å². The Morgan fingerprint density at radius 1 is 1.17 bits per heavy atom. The predicted octanol–water partition coefficient (Wildman–Crippen LogP) is 3.81. The van der Waals surface area contributed by atoms with Gasteiger partial charge in [-0.25, -0.2) is 13.2 Å². The molecule has 0 radical (unpaired) electrons. The number of unbranched alkanes of at least 4 members (excludes halogenated alkanes) is 1. The van der Waals surface area contributed by atoms with Crippen LogP contribution in [0.1, 0.15) is 35.0 Å². The van der Waals surface area contributed by atoms with Crippen molar-refractivity contribution in [2.75, 3.05) is 11.3 Å². The van der Waals surface area contributed by atoms with E-state index in [1.54, 1.807) is 36.4 Å². The molecule has 1 N–H and O–H groups in total. The van der Waals surface area contributed by atoms with E-state index in [-0.39, 0.29) is 4.21 Å². The van der Waals surface area contributed by atoms with Crippen LogP contribution in [0.5, 0.6) is 0 Å². The molecule has 0 aliphatic rings. The summed E-state index contributed by atoms with van der Waals surface area (Å²) in [5, 5.41) is 0. The Kier molecular flexibility index (Phi) is 5.79. The third kappa shape index (κ3) is 4.80. The molecule has 0 aliphatic heterocycles. The monoisotopic (exact) mass is 353 g/mol. The van der Waals surface area contributed by atoms with Crippen LogP contribution in [-0.2, 0) is 14.8 Å². The van der Waals surface area contributed by atoms with Gasteiger partial charge in [0.05, 0.1) is 12.2 Å². The van der Waals surface area contributed by atoms with Crippen molar-refractivity contribution in [3.05, 3.63) is 46.8 Å². The zero-order valence-electron chi connectivity index (χ0n) is 13.0. The maximum Gasteiger partial charge on any atom is 0.338 e. The molecule has 0 aliphatic carbocycles. The molecule has 1 aromatic heterocycles. The number of anilines is 1. The molecule has 1 heterocycles. The second-order valence-electron chi connectivity index (χ2n) is 5.04. The first-order chi connectivity index (χ1) is 10.9. The highest BCUT2D eigenvalue weighted by Gasteiger charge is 2.16. The van der Waals surface area contributed by atoms with Gasteiger partial charge in [-0.15, -0.1) is 11.3 Å². The van der Waals surface area contributed by atoms with E-state index in [1.807, 2.05) is 13.8 Å². The quantitative estimate of drug-likeness (QED) is 0.607. The van der Waals surface area contributed by atoms with E-state index in [9.17, 15) is 13.2 Å². The Labute approximate surface area is 140 Å². The van der Waals surface area contributed by atoms with Gasteiger partial charge in [-0.1, -0.05) is 13.3 Å². The van der Waals surface area contributed by atoms with Crippen molar-refractivity contribution < 1.29 is 17.9 Å². The molecule has 0 atom stereocenters. The fraction of sp³-hybridized carbons (Fsp3) is 0.312. The number of thiophene rings is 1. The Morgan fingerprint density at radius 2 is 1.87 bits per heavy atom. The van der Waals surface area contributed by atoms with E-state index in [0.717, 1.165) is 17.7 Å². The summed E-state index contributed by atoms with van der Waals surface area (Å²) in [6, 6.07) is 9.52. The lowest BCUT2D eigenvalue weighted by atomic mass is 10.2. The zero-order valence-corrected chi connectivity index (χ0v) is 14.7. The molecule has 0 amide bonds. The third-order valence-corrected chi connectivity index (χ3v) is 5.96. The topological polar surface area (TPSA) is 72.5 Å². The Hall–Kier alpha value is -1.86. The van der Waals surface area contributed by atoms with Crippen LogP contribution in [-0.4, -0.2) is 21.0 Å². The molecule has 2 aromatic rings. The largest absolute Gasteiger partial charge is 0.462 e. The fourth-order valence-electron chi connectivity index (χ4n) is 1.83. The van der Waals surface area contributed by atoms with Crippen LogP contribution in [0, 0.1) is 6.92 Å². The molecule has 0 bridgehead atoms. The van der Waals surface area contributed by atoms with Crippen molar-refractivity contribution in [3.63, 3.8) is 0 Å². The number of carbonyl (C=O) groups excluding carboxylic acids is 1. The van der Waals surface area contributed by atoms with Gasteiger partial charge in [0, 0.05) is 10.6 Å². The van der Waals surface area contributed by atoms with Crippen molar-refractivity contribution in [3.8, 4) is 0 Å². The minimum absolute atomic E-state index is 0.262. The van der Waals surface area contributed by atoms with Gasteiger partial charge in [-0.2, -0.15) is 0 Å². The number of rotatable bonds is 7. The van der Waals surface area contributed by atoms with Gasteiger partial charge in [0.2, 0.25) is 0 Å². The molecule has 124 valence electrons. The summed E-state index contributed by atoms with van der Waals surface area (Å²) < 4.78 is 32.3. The first-order valence-corrected chi connectivity index (χ1v) is 9.59. The Morgan fingerprint density at radius 3 is 2.43 bits per heavy atom. The lowest BCUT2D eigenvalue weighted by Gasteiger charge is -2.07. The van der Waals surface area contributed by atoms with Gasteiger partial charge >= 0.3 is 5.97 Å². The van der Waals surface area contributed by atoms with Crippen LogP contribution in [0.15, 0.2) is 40.6 Å². The molecule has 1 aromatic carbocycles. The van der Waals surface area contributed by atoms with Crippen LogP contribution in [0.25, 0.3) is 0 Å². The normalized spacial score (nSPS) is 11.2. The molecular formula is C16H19NO4S2. The second-order valence-corrected chi connectivity index (χ2v) is 8.23. The van der Waals surface area contributed by atoms with E-state index in [0.29, 0.717) is 17.9 Å². The number of carbonyl (C=O) groups is 1. The molecule has 0 saturated heterocycles. The molecular weight excluding hydrogens is 334 g/mol. The van der Waals surface area contributed by atoms with E-state index in [1.165, 1.54) is 11.3 Å². The lowest BCUT2D eigenvalue weighted by Crippen LogP contribution is -2.12. The average Bonchev–Trinajstić information content (AvgIpc) is 2.95. The number of hydrogen-bond donors (Lipinski definition) is 1. The molecule has 0 saturated carbocycles. The standard InChI is InChI=1S/C16H19NO4S2/c1-3-4-11-21-16(18)13-6-8-14(9-7-13)17-23(19,20)15-10-5-12(2)22-15/h5-10,17H,3-4,11H2,1-2H3. The van der Waals surface area contributed by atoms with E-state index >= 15 is 0 Å². The lowest BCUT2D eigenvalue weighted by molar-refractivity contribution is 0.0500. The SMILES string of the molecule is CCCCOC(=O)c1ccc(NS(=O)(=O)c2ccc(C)s2)cc1. The molecule has 0 spiro atoms. The predicted molar refractivity (Wildman–Crippen MR) is 91.5 cm³/mol. The number of nitrogens with one attached hydrogen (secondary N) is 1. The van der Waals surface area contributed by atoms with Crippen LogP contribution in [0.3, 0.4) is 0 Å². The molecule has 0 unspecified atom stereocenters. The second kappa shape index (κ2) is 7.61. The molecule has 0 fully saturated rings. The highest BCUT2D eigenvalue weighted by Crippen LogP contribution is 2.23. The summed E-state index contributed by atoms with van der Waals surface area (Å²) in [5.74, 6) is -0.401. The van der Waals surface area contributed by atoms with Crippen LogP contribution in [0.2, 0.25) is 0 Å². The average molecular weight is 353 g/mol. The van der Waals surface area contributed by atoms with Gasteiger partial charge in [-0.3, -0.25) is 4.72 Å². The van der Waals surface area contributed by atoms with Crippen molar-refractivity contribution in [2.45, 2.75) is 30.9 Å². The van der Waals surface area contributed by atoms with Crippen LogP contribution >= 0.6 is 11.3 Å². The van der Waals surface area contributed by atoms with Gasteiger partial charge in [0.1, 0.15) is 4.21 Å². The zero-order chi connectivity index (χ0) is 16.9. The summed E-state index contributed by atoms with van der Waals surface area (Å²) in [6.45, 7) is 4.26. The smallest absolute Gasteiger partial charge is 0.338 e. The van der Waals surface area contributed by atoms with Gasteiger partial charge < -0.3 is 4.74 Å². The molecule has 23 heavy (non-hydrogen) atoms. The molecule has 7 heteroatoms. The van der Waals surface area contributed by atoms with Gasteiger partial charge in [0.25, 0.3) is 10.0 Å². The number of benzene rings is 1. The summed E-state index contributed by atoms with van der Waals surface area (Å²) in [7, 11) is -3.59. The summed E-state index contributed by atoms with van der Waals surface area (Å²) in [5.41, 5.74) is 0.803. The first kappa shape index (κ1) is 17.5. The maximum atomic E-state index is 12.2. The highest BCUT2D eigenvalue weighted by atomic mass is 32.2. The number of esters is 1. The van der Waals surface area contributed by atoms with Crippen molar-refractivity contribution in [2.24, 2.45) is 0 Å². The number of ether oxygens (including phenoxy) is 1. The first-order valence-electron chi connectivity index (χ1n) is 7.29. The Balaban J connectivity index is 2.04. The number of hydrogen-bond acceptors (Lipinski definition) is 5. The molecule has 5 nitrogen and oxygen atoms in total. The van der Waals surface area contributed by atoms with Crippen LogP contribution in [0.4, 0.5) is 5.69 Å². The van der Waals surface area contributed by atoms with E-state index < -0.39 is 16.0 Å². The highest BCUT2D eigenvalue weighted by molar-refractivity contribution is 7.94. The van der Waals surface area contributed by atoms with Gasteiger partial charge in [-0.05, 0) is 49.7 Å². The van der Waals surface area contributed by atoms with Crippen molar-refractivity contribution >= 4 is 33.0 Å². The Bertz CT molecular complexity index is 764. The number of sulfonamides is 1. The minimum Gasteiger partial charge on any atom is -0.462 e. The van der Waals surface area contributed by atoms with Crippen LogP contribution < -0.4 is 4.72 Å².